The fourth-order valence-corrected chi connectivity index (χ4v) is 2.23. The summed E-state index contributed by atoms with van der Waals surface area (Å²) >= 11 is 0. The van der Waals surface area contributed by atoms with Crippen LogP contribution in [0.3, 0.4) is 0 Å². The van der Waals surface area contributed by atoms with Gasteiger partial charge in [-0.25, -0.2) is 0 Å². The quantitative estimate of drug-likeness (QED) is 0.649. The van der Waals surface area contributed by atoms with Gasteiger partial charge >= 0.3 is 0 Å². The van der Waals surface area contributed by atoms with Crippen molar-refractivity contribution >= 4 is 22.6 Å². The summed E-state index contributed by atoms with van der Waals surface area (Å²) in [7, 11) is 3.38. The molecule has 0 aromatic rings. The molecule has 1 aliphatic rings. The molecule has 0 saturated carbocycles. The maximum atomic E-state index is 2.61. The summed E-state index contributed by atoms with van der Waals surface area (Å²) in [4.78, 5) is 0. The molecular weight excluding hydrogens is 207 g/mol. The number of hydrogen-bond donors (Lipinski definition) is 0. The van der Waals surface area contributed by atoms with Crippen LogP contribution >= 0.6 is 0 Å². The highest BCUT2D eigenvalue weighted by Gasteiger charge is 2.32. The van der Waals surface area contributed by atoms with E-state index in [1.165, 1.54) is 12.8 Å². The lowest BCUT2D eigenvalue weighted by Crippen LogP contribution is -2.66. The minimum atomic E-state index is 0.633. The van der Waals surface area contributed by atoms with E-state index >= 15 is 0 Å². The van der Waals surface area contributed by atoms with Crippen molar-refractivity contribution in [2.24, 2.45) is 0 Å². The van der Waals surface area contributed by atoms with Crippen LogP contribution < -0.4 is 0 Å². The molecule has 1 saturated heterocycles. The highest BCUT2D eigenvalue weighted by molar-refractivity contribution is 6.65. The Bertz CT molecular complexity index is 210. The fourth-order valence-electron chi connectivity index (χ4n) is 2.23. The van der Waals surface area contributed by atoms with Crippen LogP contribution in [0.5, 0.6) is 0 Å². The fraction of sp³-hybridized carbons (Fsp3) is 1.00. The molecule has 1 fully saturated rings. The Morgan fingerprint density at radius 3 is 1.35 bits per heavy atom. The first-order valence-electron chi connectivity index (χ1n) is 7.21. The molecule has 2 atom stereocenters. The molecule has 96 valence electrons. The highest BCUT2D eigenvalue weighted by atomic mass is 15.3. The maximum Gasteiger partial charge on any atom is 0.271 e. The van der Waals surface area contributed by atoms with Crippen molar-refractivity contribution in [3.63, 3.8) is 0 Å². The maximum absolute atomic E-state index is 2.61. The van der Waals surface area contributed by atoms with Gasteiger partial charge in [-0.1, -0.05) is 41.5 Å². The second-order valence-electron chi connectivity index (χ2n) is 5.80. The summed E-state index contributed by atoms with van der Waals surface area (Å²) in [5, 5.41) is 0. The zero-order valence-corrected chi connectivity index (χ0v) is 12.6. The average molecular weight is 235 g/mol. The number of nitrogens with zero attached hydrogens (tertiary/aromatic N) is 3. The Labute approximate surface area is 110 Å². The molecule has 0 aromatic carbocycles. The lowest BCUT2D eigenvalue weighted by atomic mass is 9.70. The van der Waals surface area contributed by atoms with Gasteiger partial charge in [-0.15, -0.1) is 0 Å². The van der Waals surface area contributed by atoms with E-state index in [0.29, 0.717) is 18.1 Å². The molecule has 0 radical (unpaired) electrons. The summed E-state index contributed by atoms with van der Waals surface area (Å²) in [6.07, 6.45) is 2.47. The molecule has 1 rings (SSSR count). The largest absolute Gasteiger partial charge is 0.361 e. The molecule has 0 spiro atoms. The van der Waals surface area contributed by atoms with Crippen LogP contribution in [-0.4, -0.2) is 54.9 Å². The van der Waals surface area contributed by atoms with Gasteiger partial charge in [0.1, 0.15) is 0 Å². The van der Waals surface area contributed by atoms with Crippen molar-refractivity contribution in [3.05, 3.63) is 0 Å². The average Bonchev–Trinajstić information content (AvgIpc) is 2.36. The van der Waals surface area contributed by atoms with Crippen LogP contribution in [0.4, 0.5) is 0 Å². The lowest BCUT2D eigenvalue weighted by molar-refractivity contribution is 0.359. The highest BCUT2D eigenvalue weighted by Crippen LogP contribution is 2.13. The van der Waals surface area contributed by atoms with Crippen LogP contribution in [-0.2, 0) is 0 Å². The van der Waals surface area contributed by atoms with E-state index < -0.39 is 0 Å². The molecule has 3 nitrogen and oxygen atoms in total. The number of rotatable bonds is 5. The Kier molecular flexibility index (Phi) is 6.11. The predicted octanol–water partition coefficient (Wildman–Crippen LogP) is 0.711. The Morgan fingerprint density at radius 2 is 1.06 bits per heavy atom. The smallest absolute Gasteiger partial charge is 0.271 e. The van der Waals surface area contributed by atoms with Crippen molar-refractivity contribution in [3.8, 4) is 0 Å². The van der Waals surface area contributed by atoms with Crippen LogP contribution in [0.1, 0.15) is 54.4 Å². The lowest BCUT2D eigenvalue weighted by Gasteiger charge is -2.46. The van der Waals surface area contributed by atoms with E-state index in [1.807, 2.05) is 0 Å². The van der Waals surface area contributed by atoms with Crippen LogP contribution in [0.2, 0.25) is 0 Å². The second kappa shape index (κ2) is 6.86. The molecule has 1 heterocycles. The molecular formula is C11H28B3N3. The molecule has 0 amide bonds. The summed E-state index contributed by atoms with van der Waals surface area (Å²) < 4.78 is 7.78. The third kappa shape index (κ3) is 4.04. The van der Waals surface area contributed by atoms with Gasteiger partial charge in [0.05, 0.1) is 0 Å². The predicted molar refractivity (Wildman–Crippen MR) is 81.6 cm³/mol. The van der Waals surface area contributed by atoms with Gasteiger partial charge in [-0.05, 0) is 31.0 Å². The van der Waals surface area contributed by atoms with Gasteiger partial charge in [0, 0.05) is 0 Å². The zero-order chi connectivity index (χ0) is 13.0. The number of hydrogen-bond acceptors (Lipinski definition) is 3. The molecule has 1 aliphatic heterocycles. The van der Waals surface area contributed by atoms with E-state index in [0.717, 1.165) is 22.6 Å². The molecule has 6 heteroatoms. The minimum Gasteiger partial charge on any atom is -0.361 e. The summed E-state index contributed by atoms with van der Waals surface area (Å²) in [5.74, 6) is 0. The van der Waals surface area contributed by atoms with Crippen LogP contribution in [0.25, 0.3) is 0 Å². The van der Waals surface area contributed by atoms with E-state index in [9.17, 15) is 0 Å². The molecule has 17 heavy (non-hydrogen) atoms. The molecule has 0 aliphatic carbocycles. The summed E-state index contributed by atoms with van der Waals surface area (Å²) in [6.45, 7) is 13.9. The topological polar surface area (TPSA) is 9.72 Å². The second-order valence-corrected chi connectivity index (χ2v) is 5.80. The van der Waals surface area contributed by atoms with E-state index in [4.69, 9.17) is 0 Å². The monoisotopic (exact) mass is 235 g/mol. The van der Waals surface area contributed by atoms with Crippen molar-refractivity contribution in [2.45, 2.75) is 72.5 Å². The SMILES string of the molecule is CCC(C)N1BN(C(C)C)BN(C(C)CC)B1. The van der Waals surface area contributed by atoms with Gasteiger partial charge in [0.15, 0.2) is 0 Å². The van der Waals surface area contributed by atoms with Crippen molar-refractivity contribution in [2.75, 3.05) is 0 Å². The molecule has 0 N–H and O–H groups in total. The first-order chi connectivity index (χ1) is 7.99. The van der Waals surface area contributed by atoms with Crippen molar-refractivity contribution in [1.29, 1.82) is 0 Å². The standard InChI is InChI=1S/C11H28B3N3/c1-7-10(5)16-12-15(9(3)4)13-17(14-16)11(6)8-2/h9-14H,7-8H2,1-6H3. The first kappa shape index (κ1) is 15.1. The van der Waals surface area contributed by atoms with Gasteiger partial charge in [0.25, 0.3) is 22.6 Å². The third-order valence-corrected chi connectivity index (χ3v) is 4.25. The van der Waals surface area contributed by atoms with Gasteiger partial charge in [0.2, 0.25) is 0 Å². The molecule has 2 unspecified atom stereocenters. The van der Waals surface area contributed by atoms with Crippen molar-refractivity contribution < 1.29 is 0 Å². The summed E-state index contributed by atoms with van der Waals surface area (Å²) in [6, 6.07) is 2.00. The van der Waals surface area contributed by atoms with E-state index in [1.54, 1.807) is 0 Å². The van der Waals surface area contributed by atoms with E-state index in [2.05, 4.69) is 55.7 Å². The van der Waals surface area contributed by atoms with Gasteiger partial charge in [-0.3, -0.25) is 0 Å². The summed E-state index contributed by atoms with van der Waals surface area (Å²) in [5.41, 5.74) is 0. The molecule has 0 bridgehead atoms. The third-order valence-electron chi connectivity index (χ3n) is 4.25. The normalized spacial score (nSPS) is 22.8. The van der Waals surface area contributed by atoms with Crippen molar-refractivity contribution in [1.82, 2.24) is 14.2 Å². The Balaban J connectivity index is 2.68. The van der Waals surface area contributed by atoms with Crippen LogP contribution in [0.15, 0.2) is 0 Å². The Hall–Kier alpha value is 0.0748. The van der Waals surface area contributed by atoms with Crippen LogP contribution in [0, 0.1) is 0 Å². The minimum absolute atomic E-state index is 0.633. The Morgan fingerprint density at radius 1 is 0.706 bits per heavy atom. The molecule has 0 aromatic heterocycles. The first-order valence-corrected chi connectivity index (χ1v) is 7.21. The van der Waals surface area contributed by atoms with E-state index in [-0.39, 0.29) is 0 Å². The zero-order valence-electron chi connectivity index (χ0n) is 12.6. The van der Waals surface area contributed by atoms with Gasteiger partial charge in [-0.2, -0.15) is 0 Å². The van der Waals surface area contributed by atoms with Gasteiger partial charge < -0.3 is 14.2 Å².